The third kappa shape index (κ3) is 5.41. The fourth-order valence-corrected chi connectivity index (χ4v) is 1.38. The number of nitriles is 1. The van der Waals surface area contributed by atoms with Crippen LogP contribution in [0.4, 0.5) is 0 Å². The molecule has 0 aliphatic rings. The van der Waals surface area contributed by atoms with Gasteiger partial charge in [0.15, 0.2) is 5.11 Å². The Kier molecular flexibility index (Phi) is 6.44. The van der Waals surface area contributed by atoms with Gasteiger partial charge < -0.3 is 5.32 Å². The molecule has 0 unspecified atom stereocenters. The monoisotopic (exact) mass is 260 g/mol. The first-order valence-corrected chi connectivity index (χ1v) is 6.24. The highest BCUT2D eigenvalue weighted by atomic mass is 32.1. The fraction of sp³-hybridized carbons (Fsp3) is 0.308. The highest BCUT2D eigenvalue weighted by molar-refractivity contribution is 7.80. The third-order valence-corrected chi connectivity index (χ3v) is 2.47. The smallest absolute Gasteiger partial charge is 0.186 e. The van der Waals surface area contributed by atoms with Crippen LogP contribution in [0.25, 0.3) is 0 Å². The van der Waals surface area contributed by atoms with E-state index in [4.69, 9.17) is 17.5 Å². The zero-order chi connectivity index (χ0) is 13.2. The van der Waals surface area contributed by atoms with Crippen LogP contribution in [-0.2, 0) is 0 Å². The molecule has 0 saturated heterocycles. The maximum absolute atomic E-state index is 8.66. The third-order valence-electron chi connectivity index (χ3n) is 2.24. The minimum atomic E-state index is 0.522. The summed E-state index contributed by atoms with van der Waals surface area (Å²) in [6, 6.07) is 9.23. The van der Waals surface area contributed by atoms with E-state index in [9.17, 15) is 0 Å². The highest BCUT2D eigenvalue weighted by Crippen LogP contribution is 2.00. The van der Waals surface area contributed by atoms with Crippen LogP contribution < -0.4 is 10.7 Å². The average Bonchev–Trinajstić information content (AvgIpc) is 2.40. The van der Waals surface area contributed by atoms with Gasteiger partial charge in [-0.05, 0) is 36.3 Å². The molecule has 1 aromatic carbocycles. The molecular weight excluding hydrogens is 244 g/mol. The van der Waals surface area contributed by atoms with Crippen molar-refractivity contribution in [1.29, 1.82) is 5.26 Å². The van der Waals surface area contributed by atoms with Gasteiger partial charge in [-0.1, -0.05) is 25.5 Å². The van der Waals surface area contributed by atoms with Crippen LogP contribution >= 0.6 is 12.2 Å². The van der Waals surface area contributed by atoms with Gasteiger partial charge in [0.25, 0.3) is 0 Å². The van der Waals surface area contributed by atoms with Gasteiger partial charge in [0, 0.05) is 6.54 Å². The van der Waals surface area contributed by atoms with Gasteiger partial charge in [-0.3, -0.25) is 5.43 Å². The molecular formula is C13H16N4S. The molecule has 94 valence electrons. The highest BCUT2D eigenvalue weighted by Gasteiger charge is 1.92. The quantitative estimate of drug-likeness (QED) is 0.368. The van der Waals surface area contributed by atoms with Crippen molar-refractivity contribution < 1.29 is 0 Å². The summed E-state index contributed by atoms with van der Waals surface area (Å²) < 4.78 is 0. The molecule has 0 aromatic heterocycles. The van der Waals surface area contributed by atoms with E-state index in [0.717, 1.165) is 24.9 Å². The summed E-state index contributed by atoms with van der Waals surface area (Å²) in [6.07, 6.45) is 3.88. The zero-order valence-corrected chi connectivity index (χ0v) is 11.1. The standard InChI is InChI=1S/C13H16N4S/c1-2-3-8-15-13(18)17-16-10-12-6-4-11(9-14)5-7-12/h4-7,10H,2-3,8H2,1H3,(H2,15,17,18)/b16-10+. The maximum atomic E-state index is 8.66. The predicted octanol–water partition coefficient (Wildman–Crippen LogP) is 2.16. The maximum Gasteiger partial charge on any atom is 0.186 e. The van der Waals surface area contributed by atoms with Crippen molar-refractivity contribution in [2.24, 2.45) is 5.10 Å². The number of hydrazone groups is 1. The van der Waals surface area contributed by atoms with Gasteiger partial charge in [0.05, 0.1) is 17.8 Å². The van der Waals surface area contributed by atoms with E-state index >= 15 is 0 Å². The average molecular weight is 260 g/mol. The SMILES string of the molecule is CCCCNC(=S)N/N=C/c1ccc(C#N)cc1. The van der Waals surface area contributed by atoms with Crippen molar-refractivity contribution in [3.8, 4) is 6.07 Å². The lowest BCUT2D eigenvalue weighted by atomic mass is 10.2. The Hall–Kier alpha value is -1.93. The molecule has 18 heavy (non-hydrogen) atoms. The van der Waals surface area contributed by atoms with E-state index < -0.39 is 0 Å². The van der Waals surface area contributed by atoms with E-state index in [1.165, 1.54) is 0 Å². The molecule has 4 nitrogen and oxygen atoms in total. The van der Waals surface area contributed by atoms with Crippen molar-refractivity contribution in [2.75, 3.05) is 6.54 Å². The molecule has 0 heterocycles. The number of rotatable bonds is 5. The number of nitrogens with one attached hydrogen (secondary N) is 2. The normalized spacial score (nSPS) is 10.0. The van der Waals surface area contributed by atoms with E-state index in [1.807, 2.05) is 12.1 Å². The number of hydrogen-bond acceptors (Lipinski definition) is 3. The Labute approximate surface area is 113 Å². The van der Waals surface area contributed by atoms with Crippen LogP contribution in [0.3, 0.4) is 0 Å². The van der Waals surface area contributed by atoms with Gasteiger partial charge in [0.1, 0.15) is 0 Å². The molecule has 5 heteroatoms. The number of nitrogens with zero attached hydrogens (tertiary/aromatic N) is 2. The molecule has 2 N–H and O–H groups in total. The number of hydrogen-bond donors (Lipinski definition) is 2. The first kappa shape index (κ1) is 14.1. The minimum absolute atomic E-state index is 0.522. The molecule has 0 fully saturated rings. The Morgan fingerprint density at radius 1 is 1.44 bits per heavy atom. The van der Waals surface area contributed by atoms with Gasteiger partial charge in [-0.2, -0.15) is 10.4 Å². The summed E-state index contributed by atoms with van der Waals surface area (Å²) in [7, 11) is 0. The van der Waals surface area contributed by atoms with Crippen molar-refractivity contribution in [2.45, 2.75) is 19.8 Å². The van der Waals surface area contributed by atoms with Crippen LogP contribution in [0.2, 0.25) is 0 Å². The molecule has 0 saturated carbocycles. The number of unbranched alkanes of at least 4 members (excludes halogenated alkanes) is 1. The molecule has 0 aliphatic carbocycles. The van der Waals surface area contributed by atoms with Gasteiger partial charge in [0.2, 0.25) is 0 Å². The predicted molar refractivity (Wildman–Crippen MR) is 77.4 cm³/mol. The summed E-state index contributed by atoms with van der Waals surface area (Å²) >= 11 is 5.04. The Morgan fingerprint density at radius 2 is 2.17 bits per heavy atom. The summed E-state index contributed by atoms with van der Waals surface area (Å²) in [5.74, 6) is 0. The lowest BCUT2D eigenvalue weighted by molar-refractivity contribution is 0.745. The second-order valence-corrected chi connectivity index (χ2v) is 4.12. The van der Waals surface area contributed by atoms with Gasteiger partial charge in [-0.15, -0.1) is 0 Å². The molecule has 0 atom stereocenters. The first-order chi connectivity index (χ1) is 8.76. The first-order valence-electron chi connectivity index (χ1n) is 5.83. The summed E-state index contributed by atoms with van der Waals surface area (Å²) in [4.78, 5) is 0. The lowest BCUT2D eigenvalue weighted by Crippen LogP contribution is -2.32. The number of thiocarbonyl (C=S) groups is 1. The summed E-state index contributed by atoms with van der Waals surface area (Å²) in [5, 5.41) is 16.2. The van der Waals surface area contributed by atoms with E-state index in [1.54, 1.807) is 18.3 Å². The Morgan fingerprint density at radius 3 is 2.78 bits per heavy atom. The van der Waals surface area contributed by atoms with Crippen LogP contribution in [0, 0.1) is 11.3 Å². The summed E-state index contributed by atoms with van der Waals surface area (Å²) in [6.45, 7) is 2.98. The Bertz CT molecular complexity index is 445. The van der Waals surface area contributed by atoms with Crippen molar-refractivity contribution in [3.05, 3.63) is 35.4 Å². The molecule has 0 amide bonds. The van der Waals surface area contributed by atoms with Crippen molar-refractivity contribution in [1.82, 2.24) is 10.7 Å². The van der Waals surface area contributed by atoms with Gasteiger partial charge in [-0.25, -0.2) is 0 Å². The van der Waals surface area contributed by atoms with Crippen LogP contribution in [0.15, 0.2) is 29.4 Å². The minimum Gasteiger partial charge on any atom is -0.361 e. The largest absolute Gasteiger partial charge is 0.361 e. The number of benzene rings is 1. The molecule has 0 radical (unpaired) electrons. The van der Waals surface area contributed by atoms with E-state index in [0.29, 0.717) is 10.7 Å². The zero-order valence-electron chi connectivity index (χ0n) is 10.3. The van der Waals surface area contributed by atoms with Crippen LogP contribution in [0.1, 0.15) is 30.9 Å². The summed E-state index contributed by atoms with van der Waals surface area (Å²) in [5.41, 5.74) is 4.29. The topological polar surface area (TPSA) is 60.2 Å². The molecule has 1 aromatic rings. The Balaban J connectivity index is 2.35. The molecule has 0 bridgehead atoms. The molecule has 0 aliphatic heterocycles. The van der Waals surface area contributed by atoms with Crippen molar-refractivity contribution >= 4 is 23.5 Å². The van der Waals surface area contributed by atoms with Gasteiger partial charge >= 0.3 is 0 Å². The second-order valence-electron chi connectivity index (χ2n) is 3.71. The lowest BCUT2D eigenvalue weighted by Gasteiger charge is -2.05. The molecule has 1 rings (SSSR count). The second kappa shape index (κ2) is 8.20. The van der Waals surface area contributed by atoms with Crippen LogP contribution in [-0.4, -0.2) is 17.9 Å². The van der Waals surface area contributed by atoms with Crippen molar-refractivity contribution in [3.63, 3.8) is 0 Å². The molecule has 0 spiro atoms. The van der Waals surface area contributed by atoms with E-state index in [-0.39, 0.29) is 0 Å². The van der Waals surface area contributed by atoms with Crippen LogP contribution in [0.5, 0.6) is 0 Å². The van der Waals surface area contributed by atoms with E-state index in [2.05, 4.69) is 28.8 Å². The fourth-order valence-electron chi connectivity index (χ4n) is 1.23.